The van der Waals surface area contributed by atoms with Crippen LogP contribution in [0.1, 0.15) is 17.2 Å². The van der Waals surface area contributed by atoms with Gasteiger partial charge in [0.2, 0.25) is 0 Å². The van der Waals surface area contributed by atoms with E-state index in [1.54, 1.807) is 0 Å². The van der Waals surface area contributed by atoms with E-state index in [1.807, 2.05) is 13.0 Å². The van der Waals surface area contributed by atoms with Crippen LogP contribution in [0.2, 0.25) is 5.02 Å². The van der Waals surface area contributed by atoms with Gasteiger partial charge in [0.05, 0.1) is 6.04 Å². The maximum Gasteiger partial charge on any atom is 0.0530 e. The molecule has 1 aromatic carbocycles. The van der Waals surface area contributed by atoms with E-state index in [1.165, 1.54) is 5.56 Å². The van der Waals surface area contributed by atoms with Crippen molar-refractivity contribution in [1.29, 1.82) is 0 Å². The molecule has 19 heavy (non-hydrogen) atoms. The predicted octanol–water partition coefficient (Wildman–Crippen LogP) is 3.62. The second-order valence-corrected chi connectivity index (χ2v) is 4.88. The zero-order valence-electron chi connectivity index (χ0n) is 11.1. The molecule has 0 spiro atoms. The predicted molar refractivity (Wildman–Crippen MR) is 88.1 cm³/mol. The fourth-order valence-electron chi connectivity index (χ4n) is 2.25. The summed E-state index contributed by atoms with van der Waals surface area (Å²) in [6.07, 6.45) is 2.01. The number of aryl methyl sites for hydroxylation is 1. The van der Waals surface area contributed by atoms with Gasteiger partial charge in [-0.25, -0.2) is 0 Å². The van der Waals surface area contributed by atoms with Gasteiger partial charge in [-0.1, -0.05) is 29.8 Å². The summed E-state index contributed by atoms with van der Waals surface area (Å²) in [5.74, 6) is 0. The molecule has 1 heterocycles. The summed E-state index contributed by atoms with van der Waals surface area (Å²) >= 11 is 6.19. The van der Waals surface area contributed by atoms with Gasteiger partial charge in [-0.05, 0) is 24.1 Å². The normalized spacial score (nSPS) is 16.9. The van der Waals surface area contributed by atoms with Crippen molar-refractivity contribution in [2.75, 3.05) is 26.2 Å². The van der Waals surface area contributed by atoms with Crippen molar-refractivity contribution in [1.82, 2.24) is 10.2 Å². The van der Waals surface area contributed by atoms with E-state index in [0.29, 0.717) is 0 Å². The first kappa shape index (κ1) is 18.8. The molecule has 1 N–H and O–H groups in total. The molecular formula is C14H21Cl3N2. The molecule has 2 rings (SSSR count). The Hall–Kier alpha value is -0.250. The van der Waals surface area contributed by atoms with Gasteiger partial charge in [0, 0.05) is 31.2 Å². The van der Waals surface area contributed by atoms with Crippen molar-refractivity contribution in [2.24, 2.45) is 0 Å². The maximum atomic E-state index is 6.19. The van der Waals surface area contributed by atoms with Crippen molar-refractivity contribution < 1.29 is 0 Å². The van der Waals surface area contributed by atoms with Gasteiger partial charge in [0.1, 0.15) is 0 Å². The van der Waals surface area contributed by atoms with Crippen LogP contribution in [0.5, 0.6) is 0 Å². The minimum Gasteiger partial charge on any atom is -0.314 e. The lowest BCUT2D eigenvalue weighted by Gasteiger charge is -2.33. The number of halogens is 3. The molecule has 0 radical (unpaired) electrons. The van der Waals surface area contributed by atoms with E-state index in [2.05, 4.69) is 35.0 Å². The van der Waals surface area contributed by atoms with E-state index in [-0.39, 0.29) is 30.9 Å². The molecule has 0 bridgehead atoms. The average Bonchev–Trinajstić information content (AvgIpc) is 2.36. The topological polar surface area (TPSA) is 15.3 Å². The van der Waals surface area contributed by atoms with E-state index in [9.17, 15) is 0 Å². The molecule has 1 atom stereocenters. The van der Waals surface area contributed by atoms with Crippen LogP contribution in [0.25, 0.3) is 0 Å². The fraction of sp³-hybridized carbons (Fsp3) is 0.429. The van der Waals surface area contributed by atoms with E-state index in [0.717, 1.165) is 36.8 Å². The molecule has 0 saturated carbocycles. The summed E-state index contributed by atoms with van der Waals surface area (Å²) in [6, 6.07) is 6.56. The third kappa shape index (κ3) is 4.66. The lowest BCUT2D eigenvalue weighted by Crippen LogP contribution is -2.44. The van der Waals surface area contributed by atoms with Gasteiger partial charge in [-0.3, -0.25) is 4.90 Å². The first-order valence-corrected chi connectivity index (χ1v) is 6.43. The largest absolute Gasteiger partial charge is 0.314 e. The van der Waals surface area contributed by atoms with Gasteiger partial charge in [-0.2, -0.15) is 0 Å². The minimum atomic E-state index is 0. The number of hydrogen-bond acceptors (Lipinski definition) is 2. The Kier molecular flexibility index (Phi) is 8.71. The number of hydrogen-bond donors (Lipinski definition) is 1. The summed E-state index contributed by atoms with van der Waals surface area (Å²) in [4.78, 5) is 2.44. The standard InChI is InChI=1S/C14H19ClN2.2ClH/c1-3-14(17-8-6-16-7-9-17)12-5-4-11(2)13(15)10-12;;/h3-5,10,14,16H,1,6-9H2,2H3;2*1H/t14-;;/m0../s1. The molecule has 0 aliphatic carbocycles. The zero-order chi connectivity index (χ0) is 12.3. The number of rotatable bonds is 3. The quantitative estimate of drug-likeness (QED) is 0.855. The summed E-state index contributed by atoms with van der Waals surface area (Å²) in [5.41, 5.74) is 2.36. The van der Waals surface area contributed by atoms with Gasteiger partial charge in [0.25, 0.3) is 0 Å². The van der Waals surface area contributed by atoms with E-state index < -0.39 is 0 Å². The minimum absolute atomic E-state index is 0. The van der Waals surface area contributed by atoms with E-state index >= 15 is 0 Å². The van der Waals surface area contributed by atoms with Crippen molar-refractivity contribution in [3.63, 3.8) is 0 Å². The number of piperazine rings is 1. The van der Waals surface area contributed by atoms with Crippen LogP contribution in [0.4, 0.5) is 0 Å². The highest BCUT2D eigenvalue weighted by Gasteiger charge is 2.19. The first-order chi connectivity index (χ1) is 8.22. The summed E-state index contributed by atoms with van der Waals surface area (Å²) in [7, 11) is 0. The highest BCUT2D eigenvalue weighted by atomic mass is 35.5. The van der Waals surface area contributed by atoms with Gasteiger partial charge < -0.3 is 5.32 Å². The molecule has 108 valence electrons. The Morgan fingerprint density at radius 2 is 1.95 bits per heavy atom. The molecule has 0 unspecified atom stereocenters. The van der Waals surface area contributed by atoms with Crippen LogP contribution in [0.15, 0.2) is 30.9 Å². The molecule has 2 nitrogen and oxygen atoms in total. The third-order valence-corrected chi connectivity index (χ3v) is 3.71. The highest BCUT2D eigenvalue weighted by molar-refractivity contribution is 6.31. The summed E-state index contributed by atoms with van der Waals surface area (Å²) in [6.45, 7) is 10.2. The van der Waals surface area contributed by atoms with Crippen molar-refractivity contribution in [3.05, 3.63) is 47.0 Å². The molecule has 5 heteroatoms. The van der Waals surface area contributed by atoms with Crippen molar-refractivity contribution in [3.8, 4) is 0 Å². The van der Waals surface area contributed by atoms with Crippen molar-refractivity contribution in [2.45, 2.75) is 13.0 Å². The summed E-state index contributed by atoms with van der Waals surface area (Å²) in [5, 5.41) is 4.20. The van der Waals surface area contributed by atoms with Crippen LogP contribution in [0.3, 0.4) is 0 Å². The number of benzene rings is 1. The molecule has 1 aromatic rings. The number of nitrogens with one attached hydrogen (secondary N) is 1. The first-order valence-electron chi connectivity index (χ1n) is 6.06. The SMILES string of the molecule is C=C[C@@H](c1ccc(C)c(Cl)c1)N1CCNCC1.Cl.Cl. The molecule has 1 aliphatic rings. The van der Waals surface area contributed by atoms with Crippen LogP contribution in [-0.4, -0.2) is 31.1 Å². The fourth-order valence-corrected chi connectivity index (χ4v) is 2.44. The van der Waals surface area contributed by atoms with Crippen LogP contribution in [-0.2, 0) is 0 Å². The Morgan fingerprint density at radius 1 is 1.32 bits per heavy atom. The Balaban J connectivity index is 0.00000162. The van der Waals surface area contributed by atoms with Gasteiger partial charge >= 0.3 is 0 Å². The monoisotopic (exact) mass is 322 g/mol. The lowest BCUT2D eigenvalue weighted by atomic mass is 10.0. The zero-order valence-corrected chi connectivity index (χ0v) is 13.5. The Morgan fingerprint density at radius 3 is 2.47 bits per heavy atom. The van der Waals surface area contributed by atoms with E-state index in [4.69, 9.17) is 11.6 Å². The average molecular weight is 324 g/mol. The Bertz CT molecular complexity index is 404. The van der Waals surface area contributed by atoms with Crippen molar-refractivity contribution >= 4 is 36.4 Å². The van der Waals surface area contributed by atoms with Crippen LogP contribution in [0, 0.1) is 6.92 Å². The Labute approximate surface area is 133 Å². The van der Waals surface area contributed by atoms with Crippen LogP contribution >= 0.6 is 36.4 Å². The molecule has 1 fully saturated rings. The third-order valence-electron chi connectivity index (χ3n) is 3.31. The molecule has 0 aromatic heterocycles. The smallest absolute Gasteiger partial charge is 0.0530 e. The molecule has 0 amide bonds. The maximum absolute atomic E-state index is 6.19. The highest BCUT2D eigenvalue weighted by Crippen LogP contribution is 2.26. The number of nitrogens with zero attached hydrogens (tertiary/aromatic N) is 1. The lowest BCUT2D eigenvalue weighted by molar-refractivity contribution is 0.203. The van der Waals surface area contributed by atoms with Crippen LogP contribution < -0.4 is 5.32 Å². The van der Waals surface area contributed by atoms with Gasteiger partial charge in [0.15, 0.2) is 0 Å². The van der Waals surface area contributed by atoms with Gasteiger partial charge in [-0.15, -0.1) is 31.4 Å². The molecule has 1 aliphatic heterocycles. The molecule has 1 saturated heterocycles. The second-order valence-electron chi connectivity index (χ2n) is 4.48. The summed E-state index contributed by atoms with van der Waals surface area (Å²) < 4.78 is 0. The second kappa shape index (κ2) is 8.83. The molecular weight excluding hydrogens is 303 g/mol.